The lowest BCUT2D eigenvalue weighted by atomic mass is 9.86. The number of nitrogens with two attached hydrogens (primary N) is 1. The van der Waals surface area contributed by atoms with E-state index in [1.54, 1.807) is 7.11 Å². The van der Waals surface area contributed by atoms with E-state index in [1.807, 2.05) is 23.9 Å². The average molecular weight is 266 g/mol. The molecule has 0 aliphatic carbocycles. The molecule has 1 heterocycles. The Kier molecular flexibility index (Phi) is 4.07. The summed E-state index contributed by atoms with van der Waals surface area (Å²) in [7, 11) is 3.84. The van der Waals surface area contributed by atoms with Crippen molar-refractivity contribution in [2.45, 2.75) is 12.5 Å². The predicted octanol–water partition coefficient (Wildman–Crippen LogP) is 2.21. The van der Waals surface area contributed by atoms with E-state index in [0.717, 1.165) is 11.5 Å². The van der Waals surface area contributed by atoms with E-state index >= 15 is 0 Å². The Labute approximate surface area is 114 Å². The summed E-state index contributed by atoms with van der Waals surface area (Å²) >= 11 is 1.99. The lowest BCUT2D eigenvalue weighted by molar-refractivity contribution is 0.360. The largest absolute Gasteiger partial charge is 0.497 e. The molecule has 0 saturated carbocycles. The van der Waals surface area contributed by atoms with Gasteiger partial charge in [-0.05, 0) is 23.8 Å². The van der Waals surface area contributed by atoms with Crippen LogP contribution in [-0.4, -0.2) is 37.7 Å². The number of ether oxygens (including phenoxy) is 1. The van der Waals surface area contributed by atoms with Crippen LogP contribution >= 0.6 is 11.8 Å². The molecule has 1 saturated heterocycles. The van der Waals surface area contributed by atoms with Crippen LogP contribution in [0.5, 0.6) is 5.75 Å². The quantitative estimate of drug-likeness (QED) is 0.907. The third kappa shape index (κ3) is 2.19. The van der Waals surface area contributed by atoms with Gasteiger partial charge in [0.1, 0.15) is 5.75 Å². The summed E-state index contributed by atoms with van der Waals surface area (Å²) in [5, 5.41) is 0. The van der Waals surface area contributed by atoms with Crippen LogP contribution in [0.15, 0.2) is 24.3 Å². The van der Waals surface area contributed by atoms with Gasteiger partial charge < -0.3 is 15.4 Å². The first-order chi connectivity index (χ1) is 8.64. The van der Waals surface area contributed by atoms with Gasteiger partial charge in [0.25, 0.3) is 0 Å². The highest BCUT2D eigenvalue weighted by atomic mass is 32.2. The summed E-state index contributed by atoms with van der Waals surface area (Å²) in [6.45, 7) is 2.98. The molecule has 100 valence electrons. The number of nitrogens with zero attached hydrogens (tertiary/aromatic N) is 1. The summed E-state index contributed by atoms with van der Waals surface area (Å²) in [5.41, 5.74) is 7.32. The lowest BCUT2D eigenvalue weighted by Crippen LogP contribution is -2.56. The maximum atomic E-state index is 6.08. The smallest absolute Gasteiger partial charge is 0.120 e. The Morgan fingerprint density at radius 1 is 1.56 bits per heavy atom. The highest BCUT2D eigenvalue weighted by molar-refractivity contribution is 7.99. The average Bonchev–Trinajstić information content (AvgIpc) is 2.80. The fourth-order valence-corrected chi connectivity index (χ4v) is 4.34. The van der Waals surface area contributed by atoms with E-state index in [9.17, 15) is 0 Å². The second-order valence-electron chi connectivity index (χ2n) is 4.98. The molecule has 2 N–H and O–H groups in total. The fraction of sp³-hybridized carbons (Fsp3) is 0.571. The molecular formula is C14H22N2OS. The van der Waals surface area contributed by atoms with Crippen LogP contribution in [0.2, 0.25) is 0 Å². The molecule has 2 rings (SSSR count). The van der Waals surface area contributed by atoms with Crippen molar-refractivity contribution in [1.82, 2.24) is 0 Å². The zero-order valence-corrected chi connectivity index (χ0v) is 12.2. The molecule has 18 heavy (non-hydrogen) atoms. The van der Waals surface area contributed by atoms with Crippen LogP contribution < -0.4 is 15.4 Å². The van der Waals surface area contributed by atoms with Crippen molar-refractivity contribution in [3.05, 3.63) is 24.3 Å². The van der Waals surface area contributed by atoms with E-state index in [0.29, 0.717) is 12.5 Å². The predicted molar refractivity (Wildman–Crippen MR) is 79.7 cm³/mol. The molecule has 1 aromatic carbocycles. The number of likely N-dealkylation sites (N-methyl/N-ethyl adjacent to an activating group) is 1. The molecule has 0 aromatic heterocycles. The Hall–Kier alpha value is -0.870. The maximum absolute atomic E-state index is 6.08. The van der Waals surface area contributed by atoms with E-state index in [1.165, 1.54) is 11.4 Å². The number of thioether (sulfide) groups is 1. The molecule has 0 radical (unpaired) electrons. The molecule has 2 atom stereocenters. The number of anilines is 1. The van der Waals surface area contributed by atoms with Crippen molar-refractivity contribution in [3.8, 4) is 5.75 Å². The Balaban J connectivity index is 2.31. The fourth-order valence-electron chi connectivity index (χ4n) is 2.61. The van der Waals surface area contributed by atoms with E-state index in [-0.39, 0.29) is 5.54 Å². The Morgan fingerprint density at radius 2 is 2.33 bits per heavy atom. The molecule has 3 nitrogen and oxygen atoms in total. The molecule has 0 bridgehead atoms. The minimum absolute atomic E-state index is 0.0665. The molecule has 4 heteroatoms. The van der Waals surface area contributed by atoms with E-state index in [4.69, 9.17) is 10.5 Å². The first kappa shape index (κ1) is 13.6. The van der Waals surface area contributed by atoms with Crippen LogP contribution in [-0.2, 0) is 0 Å². The molecule has 1 aliphatic rings. The van der Waals surface area contributed by atoms with Crippen molar-refractivity contribution in [1.29, 1.82) is 0 Å². The molecule has 1 aromatic rings. The number of hydrogen-bond acceptors (Lipinski definition) is 4. The highest BCUT2D eigenvalue weighted by Gasteiger charge is 2.43. The molecular weight excluding hydrogens is 244 g/mol. The number of benzene rings is 1. The van der Waals surface area contributed by atoms with Crippen LogP contribution in [0, 0.1) is 5.92 Å². The van der Waals surface area contributed by atoms with Gasteiger partial charge in [-0.15, -0.1) is 0 Å². The van der Waals surface area contributed by atoms with Gasteiger partial charge >= 0.3 is 0 Å². The van der Waals surface area contributed by atoms with Crippen molar-refractivity contribution in [3.63, 3.8) is 0 Å². The minimum atomic E-state index is 0.0665. The van der Waals surface area contributed by atoms with Gasteiger partial charge in [-0.3, -0.25) is 0 Å². The van der Waals surface area contributed by atoms with Gasteiger partial charge in [-0.2, -0.15) is 11.8 Å². The van der Waals surface area contributed by atoms with Gasteiger partial charge in [0.15, 0.2) is 0 Å². The molecule has 2 unspecified atom stereocenters. The Morgan fingerprint density at radius 3 is 2.89 bits per heavy atom. The Bertz CT molecular complexity index is 413. The van der Waals surface area contributed by atoms with Crippen LogP contribution in [0.25, 0.3) is 0 Å². The van der Waals surface area contributed by atoms with Crippen molar-refractivity contribution < 1.29 is 4.74 Å². The topological polar surface area (TPSA) is 38.5 Å². The van der Waals surface area contributed by atoms with Crippen LogP contribution in [0.1, 0.15) is 6.92 Å². The monoisotopic (exact) mass is 266 g/mol. The second kappa shape index (κ2) is 5.41. The van der Waals surface area contributed by atoms with Crippen molar-refractivity contribution in [2.75, 3.05) is 37.1 Å². The van der Waals surface area contributed by atoms with Crippen molar-refractivity contribution in [2.24, 2.45) is 11.7 Å². The summed E-state index contributed by atoms with van der Waals surface area (Å²) < 4.78 is 5.30. The number of methoxy groups -OCH3 is 1. The molecule has 1 fully saturated rings. The first-order valence-corrected chi connectivity index (χ1v) is 7.45. The van der Waals surface area contributed by atoms with Gasteiger partial charge in [0, 0.05) is 31.1 Å². The van der Waals surface area contributed by atoms with E-state index < -0.39 is 0 Å². The number of hydrogen-bond donors (Lipinski definition) is 1. The zero-order chi connectivity index (χ0) is 13.2. The lowest BCUT2D eigenvalue weighted by Gasteiger charge is -2.42. The van der Waals surface area contributed by atoms with Gasteiger partial charge in [-0.25, -0.2) is 0 Å². The normalized spacial score (nSPS) is 27.2. The summed E-state index contributed by atoms with van der Waals surface area (Å²) in [6, 6.07) is 8.20. The zero-order valence-electron chi connectivity index (χ0n) is 11.3. The summed E-state index contributed by atoms with van der Waals surface area (Å²) in [4.78, 5) is 2.33. The third-order valence-electron chi connectivity index (χ3n) is 4.10. The van der Waals surface area contributed by atoms with Gasteiger partial charge in [0.05, 0.1) is 12.6 Å². The van der Waals surface area contributed by atoms with Crippen molar-refractivity contribution >= 4 is 17.4 Å². The highest BCUT2D eigenvalue weighted by Crippen LogP contribution is 2.39. The maximum Gasteiger partial charge on any atom is 0.120 e. The van der Waals surface area contributed by atoms with Gasteiger partial charge in [0.2, 0.25) is 0 Å². The first-order valence-electron chi connectivity index (χ1n) is 6.30. The third-order valence-corrected chi connectivity index (χ3v) is 5.54. The van der Waals surface area contributed by atoms with E-state index in [2.05, 4.69) is 31.0 Å². The molecule has 0 spiro atoms. The van der Waals surface area contributed by atoms with Crippen LogP contribution in [0.4, 0.5) is 5.69 Å². The summed E-state index contributed by atoms with van der Waals surface area (Å²) in [6.07, 6.45) is 0. The minimum Gasteiger partial charge on any atom is -0.497 e. The molecule has 0 amide bonds. The SMILES string of the molecule is COc1cccc(N(C)C2(CN)CSCC2C)c1. The van der Waals surface area contributed by atoms with Gasteiger partial charge in [-0.1, -0.05) is 13.0 Å². The number of rotatable bonds is 4. The standard InChI is InChI=1S/C14H22N2OS/c1-11-8-18-10-14(11,9-15)16(2)12-5-4-6-13(7-12)17-3/h4-7,11H,8-10,15H2,1-3H3. The second-order valence-corrected chi connectivity index (χ2v) is 6.01. The van der Waals surface area contributed by atoms with Crippen LogP contribution in [0.3, 0.4) is 0 Å². The summed E-state index contributed by atoms with van der Waals surface area (Å²) in [5.74, 6) is 3.78. The molecule has 1 aliphatic heterocycles.